The second-order valence-electron chi connectivity index (χ2n) is 6.88. The zero-order valence-electron chi connectivity index (χ0n) is 17.0. The molecule has 9 nitrogen and oxygen atoms in total. The van der Waals surface area contributed by atoms with Crippen molar-refractivity contribution in [3.05, 3.63) is 58.6 Å². The van der Waals surface area contributed by atoms with Crippen LogP contribution >= 0.6 is 34.3 Å². The molecule has 170 valence electrons. The third-order valence-corrected chi connectivity index (χ3v) is 7.35. The van der Waals surface area contributed by atoms with E-state index in [2.05, 4.69) is 25.9 Å². The second-order valence-corrected chi connectivity index (χ2v) is 11.2. The van der Waals surface area contributed by atoms with Gasteiger partial charge in [-0.2, -0.15) is 0 Å². The Morgan fingerprint density at radius 1 is 1.00 bits per heavy atom. The van der Waals surface area contributed by atoms with Gasteiger partial charge in [-0.15, -0.1) is 11.3 Å². The number of halogens is 1. The summed E-state index contributed by atoms with van der Waals surface area (Å²) in [5.74, 6) is -0.333. The summed E-state index contributed by atoms with van der Waals surface area (Å²) >= 11 is 8.20. The molecule has 3 N–H and O–H groups in total. The highest BCUT2D eigenvalue weighted by Crippen LogP contribution is 2.28. The molecular formula is C20H16ClN5O4S3. The number of thiazole rings is 2. The maximum absolute atomic E-state index is 12.4. The van der Waals surface area contributed by atoms with Gasteiger partial charge in [-0.25, -0.2) is 23.2 Å². The molecule has 2 aromatic carbocycles. The number of aromatic nitrogens is 2. The summed E-state index contributed by atoms with van der Waals surface area (Å²) in [5.41, 5.74) is 1.65. The molecule has 0 atom stereocenters. The van der Waals surface area contributed by atoms with Crippen molar-refractivity contribution >= 4 is 82.2 Å². The lowest BCUT2D eigenvalue weighted by Gasteiger charge is -2.05. The van der Waals surface area contributed by atoms with E-state index in [0.717, 1.165) is 6.26 Å². The topological polar surface area (TPSA) is 130 Å². The van der Waals surface area contributed by atoms with Crippen molar-refractivity contribution in [2.24, 2.45) is 0 Å². The summed E-state index contributed by atoms with van der Waals surface area (Å²) in [6.07, 6.45) is 1.12. The summed E-state index contributed by atoms with van der Waals surface area (Å²) in [6.45, 7) is 0. The largest absolute Gasteiger partial charge is 0.325 e. The molecule has 4 rings (SSSR count). The van der Waals surface area contributed by atoms with Crippen LogP contribution in [0.2, 0.25) is 5.02 Å². The molecule has 0 saturated heterocycles. The molecule has 0 saturated carbocycles. The van der Waals surface area contributed by atoms with Crippen LogP contribution in [0.15, 0.2) is 52.7 Å². The number of fused-ring (bicyclic) bond motifs is 1. The summed E-state index contributed by atoms with van der Waals surface area (Å²) in [7, 11) is -3.33. The molecule has 0 spiro atoms. The highest BCUT2D eigenvalue weighted by Gasteiger charge is 2.14. The Hall–Kier alpha value is -3.06. The van der Waals surface area contributed by atoms with Crippen molar-refractivity contribution in [2.75, 3.05) is 22.2 Å². The number of sulfone groups is 1. The number of hydrogen-bond acceptors (Lipinski definition) is 8. The molecule has 0 radical (unpaired) electrons. The molecule has 0 aliphatic carbocycles. The average Bonchev–Trinajstić information content (AvgIpc) is 3.34. The Bertz CT molecular complexity index is 1450. The monoisotopic (exact) mass is 521 g/mol. The van der Waals surface area contributed by atoms with Crippen LogP contribution in [0.4, 0.5) is 20.7 Å². The van der Waals surface area contributed by atoms with E-state index in [1.165, 1.54) is 34.8 Å². The van der Waals surface area contributed by atoms with Crippen LogP contribution in [0.5, 0.6) is 0 Å². The van der Waals surface area contributed by atoms with Crippen molar-refractivity contribution in [2.45, 2.75) is 11.3 Å². The normalized spacial score (nSPS) is 11.3. The lowest BCUT2D eigenvalue weighted by molar-refractivity contribution is -0.115. The number of nitrogens with zero attached hydrogens (tertiary/aromatic N) is 2. The Morgan fingerprint density at radius 3 is 2.48 bits per heavy atom. The van der Waals surface area contributed by atoms with Crippen LogP contribution in [0.3, 0.4) is 0 Å². The molecule has 0 bridgehead atoms. The van der Waals surface area contributed by atoms with Crippen LogP contribution in [0.1, 0.15) is 5.69 Å². The fraction of sp³-hybridized carbons (Fsp3) is 0.100. The Labute approximate surface area is 201 Å². The van der Waals surface area contributed by atoms with Gasteiger partial charge in [-0.1, -0.05) is 22.9 Å². The van der Waals surface area contributed by atoms with Crippen molar-refractivity contribution in [1.29, 1.82) is 0 Å². The number of rotatable bonds is 6. The van der Waals surface area contributed by atoms with Gasteiger partial charge in [0, 0.05) is 22.3 Å². The van der Waals surface area contributed by atoms with E-state index < -0.39 is 15.9 Å². The van der Waals surface area contributed by atoms with Crippen molar-refractivity contribution < 1.29 is 18.0 Å². The van der Waals surface area contributed by atoms with Crippen LogP contribution in [-0.4, -0.2) is 36.6 Å². The molecule has 0 aliphatic rings. The number of carbonyl (C=O) groups excluding carboxylic acids is 2. The predicted octanol–water partition coefficient (Wildman–Crippen LogP) is 4.63. The van der Waals surface area contributed by atoms with E-state index >= 15 is 0 Å². The van der Waals surface area contributed by atoms with Gasteiger partial charge in [0.25, 0.3) is 0 Å². The number of benzene rings is 2. The van der Waals surface area contributed by atoms with Crippen LogP contribution in [-0.2, 0) is 21.1 Å². The van der Waals surface area contributed by atoms with E-state index in [1.807, 2.05) is 0 Å². The van der Waals surface area contributed by atoms with Gasteiger partial charge in [0.15, 0.2) is 20.1 Å². The minimum atomic E-state index is -3.33. The summed E-state index contributed by atoms with van der Waals surface area (Å²) < 4.78 is 24.1. The molecule has 0 aliphatic heterocycles. The Balaban J connectivity index is 1.34. The molecule has 2 heterocycles. The lowest BCUT2D eigenvalue weighted by Crippen LogP contribution is -2.19. The molecule has 0 unspecified atom stereocenters. The van der Waals surface area contributed by atoms with E-state index in [9.17, 15) is 18.0 Å². The van der Waals surface area contributed by atoms with Crippen molar-refractivity contribution in [1.82, 2.24) is 9.97 Å². The van der Waals surface area contributed by atoms with Crippen molar-refractivity contribution in [3.8, 4) is 0 Å². The molecule has 3 amide bonds. The SMILES string of the molecule is CS(=O)(=O)c1ccc2nc(NC(=O)Cc3csc(NC(=O)Nc4ccc(Cl)cc4)n3)sc2c1. The fourth-order valence-corrected chi connectivity index (χ4v) is 5.23. The number of carbonyl (C=O) groups is 2. The first-order valence-electron chi connectivity index (χ1n) is 9.34. The van der Waals surface area contributed by atoms with Gasteiger partial charge in [-0.05, 0) is 42.5 Å². The van der Waals surface area contributed by atoms with E-state index in [1.54, 1.807) is 35.7 Å². The van der Waals surface area contributed by atoms with Gasteiger partial charge >= 0.3 is 6.03 Å². The second kappa shape index (κ2) is 9.43. The molecule has 0 fully saturated rings. The maximum Gasteiger partial charge on any atom is 0.325 e. The lowest BCUT2D eigenvalue weighted by atomic mass is 10.3. The Morgan fingerprint density at radius 2 is 1.76 bits per heavy atom. The predicted molar refractivity (Wildman–Crippen MR) is 131 cm³/mol. The van der Waals surface area contributed by atoms with Gasteiger partial charge in [-0.3, -0.25) is 10.1 Å². The van der Waals surface area contributed by atoms with Crippen LogP contribution in [0, 0.1) is 0 Å². The number of anilines is 3. The third-order valence-electron chi connectivity index (χ3n) is 4.25. The number of urea groups is 1. The van der Waals surface area contributed by atoms with Gasteiger partial charge in [0.1, 0.15) is 0 Å². The van der Waals surface area contributed by atoms with E-state index in [4.69, 9.17) is 11.6 Å². The molecule has 2 aromatic heterocycles. The zero-order valence-corrected chi connectivity index (χ0v) is 20.2. The standard InChI is InChI=1S/C20H16ClN5O4S3/c1-33(29,30)14-6-7-15-16(9-14)32-20(24-15)25-17(27)8-13-10-31-19(23-13)26-18(28)22-12-4-2-11(21)3-5-12/h2-7,9-10H,8H2,1H3,(H,24,25,27)(H2,22,23,26,28). The summed E-state index contributed by atoms with van der Waals surface area (Å²) in [4.78, 5) is 33.2. The van der Waals surface area contributed by atoms with E-state index in [0.29, 0.717) is 36.9 Å². The molecule has 33 heavy (non-hydrogen) atoms. The molecule has 13 heteroatoms. The quantitative estimate of drug-likeness (QED) is 0.339. The molecular weight excluding hydrogens is 506 g/mol. The first kappa shape index (κ1) is 23.1. The van der Waals surface area contributed by atoms with Gasteiger partial charge in [0.05, 0.1) is 27.2 Å². The minimum absolute atomic E-state index is 0.0124. The highest BCUT2D eigenvalue weighted by molar-refractivity contribution is 7.90. The van der Waals surface area contributed by atoms with Gasteiger partial charge < -0.3 is 10.6 Å². The minimum Gasteiger partial charge on any atom is -0.308 e. The highest BCUT2D eigenvalue weighted by atomic mass is 35.5. The van der Waals surface area contributed by atoms with Crippen molar-refractivity contribution in [3.63, 3.8) is 0 Å². The first-order valence-corrected chi connectivity index (χ1v) is 13.3. The third kappa shape index (κ3) is 6.05. The first-order chi connectivity index (χ1) is 15.7. The van der Waals surface area contributed by atoms with Gasteiger partial charge in [0.2, 0.25) is 5.91 Å². The maximum atomic E-state index is 12.4. The number of nitrogens with one attached hydrogen (secondary N) is 3. The fourth-order valence-electron chi connectivity index (χ4n) is 2.76. The van der Waals surface area contributed by atoms with Crippen LogP contribution < -0.4 is 16.0 Å². The van der Waals surface area contributed by atoms with E-state index in [-0.39, 0.29) is 17.2 Å². The Kier molecular flexibility index (Phi) is 6.61. The molecule has 4 aromatic rings. The number of amides is 3. The zero-order chi connectivity index (χ0) is 23.6. The summed E-state index contributed by atoms with van der Waals surface area (Å²) in [6, 6.07) is 10.8. The number of hydrogen-bond donors (Lipinski definition) is 3. The van der Waals surface area contributed by atoms with Crippen LogP contribution in [0.25, 0.3) is 10.2 Å². The average molecular weight is 522 g/mol. The summed E-state index contributed by atoms with van der Waals surface area (Å²) in [5, 5.41) is 10.9. The smallest absolute Gasteiger partial charge is 0.308 e.